The molecule has 17 heavy (non-hydrogen) atoms. The van der Waals surface area contributed by atoms with Crippen molar-refractivity contribution < 1.29 is 0 Å². The van der Waals surface area contributed by atoms with Crippen molar-refractivity contribution in [3.8, 4) is 0 Å². The number of nitrogens with zero attached hydrogens (tertiary/aromatic N) is 2. The van der Waals surface area contributed by atoms with Gasteiger partial charge in [-0.05, 0) is 38.1 Å². The average molecular weight is 235 g/mol. The molecular weight excluding hydrogens is 210 g/mol. The van der Waals surface area contributed by atoms with Crippen LogP contribution in [0.1, 0.15) is 44.9 Å². The van der Waals surface area contributed by atoms with Gasteiger partial charge in [-0.2, -0.15) is 0 Å². The molecule has 1 aliphatic rings. The van der Waals surface area contributed by atoms with Crippen LogP contribution in [-0.4, -0.2) is 16.1 Å². The Morgan fingerprint density at radius 2 is 2.06 bits per heavy atom. The first kappa shape index (κ1) is 12.6. The van der Waals surface area contributed by atoms with Gasteiger partial charge in [0, 0.05) is 25.4 Å². The minimum atomic E-state index is 0.708. The molecule has 3 nitrogen and oxygen atoms in total. The Morgan fingerprint density at radius 3 is 2.76 bits per heavy atom. The Labute approximate surface area is 104 Å². The summed E-state index contributed by atoms with van der Waals surface area (Å²) in [7, 11) is 0. The SMILES string of the molecule is CCn1ccnc1CC1CCCCCC1CN. The van der Waals surface area contributed by atoms with Crippen LogP contribution in [0.4, 0.5) is 0 Å². The maximum absolute atomic E-state index is 5.94. The van der Waals surface area contributed by atoms with Gasteiger partial charge in [-0.3, -0.25) is 0 Å². The zero-order valence-electron chi connectivity index (χ0n) is 10.9. The molecule has 96 valence electrons. The van der Waals surface area contributed by atoms with E-state index in [1.54, 1.807) is 0 Å². The molecule has 2 N–H and O–H groups in total. The van der Waals surface area contributed by atoms with Crippen LogP contribution >= 0.6 is 0 Å². The van der Waals surface area contributed by atoms with E-state index in [0.717, 1.165) is 25.4 Å². The number of hydrogen-bond acceptors (Lipinski definition) is 2. The first-order valence-corrected chi connectivity index (χ1v) is 7.05. The molecule has 0 bridgehead atoms. The predicted molar refractivity (Wildman–Crippen MR) is 70.7 cm³/mol. The number of aryl methyl sites for hydroxylation is 1. The molecule has 0 spiro atoms. The number of imidazole rings is 1. The van der Waals surface area contributed by atoms with Gasteiger partial charge in [-0.25, -0.2) is 4.98 Å². The number of rotatable bonds is 4. The van der Waals surface area contributed by atoms with Crippen LogP contribution in [0.5, 0.6) is 0 Å². The van der Waals surface area contributed by atoms with Gasteiger partial charge in [0.2, 0.25) is 0 Å². The molecule has 0 aromatic carbocycles. The van der Waals surface area contributed by atoms with Crippen molar-refractivity contribution in [2.45, 2.75) is 52.0 Å². The molecule has 3 heteroatoms. The van der Waals surface area contributed by atoms with Gasteiger partial charge in [0.05, 0.1) is 0 Å². The molecule has 1 saturated carbocycles. The van der Waals surface area contributed by atoms with Crippen LogP contribution in [0.2, 0.25) is 0 Å². The average Bonchev–Trinajstić information content (AvgIpc) is 2.67. The molecule has 2 rings (SSSR count). The summed E-state index contributed by atoms with van der Waals surface area (Å²) in [5.41, 5.74) is 5.94. The van der Waals surface area contributed by atoms with Crippen LogP contribution in [0.25, 0.3) is 0 Å². The highest BCUT2D eigenvalue weighted by Gasteiger charge is 2.23. The first-order chi connectivity index (χ1) is 8.35. The molecule has 2 unspecified atom stereocenters. The summed E-state index contributed by atoms with van der Waals surface area (Å²) in [4.78, 5) is 4.50. The Morgan fingerprint density at radius 1 is 1.29 bits per heavy atom. The third-order valence-corrected chi connectivity index (χ3v) is 4.21. The number of nitrogens with two attached hydrogens (primary N) is 1. The second kappa shape index (κ2) is 6.20. The topological polar surface area (TPSA) is 43.8 Å². The summed E-state index contributed by atoms with van der Waals surface area (Å²) in [5, 5.41) is 0. The van der Waals surface area contributed by atoms with Crippen molar-refractivity contribution in [3.63, 3.8) is 0 Å². The van der Waals surface area contributed by atoms with Crippen LogP contribution in [-0.2, 0) is 13.0 Å². The lowest BCUT2D eigenvalue weighted by atomic mass is 9.85. The van der Waals surface area contributed by atoms with Crippen molar-refractivity contribution in [2.24, 2.45) is 17.6 Å². The number of aromatic nitrogens is 2. The summed E-state index contributed by atoms with van der Waals surface area (Å²) in [6.45, 7) is 4.05. The van der Waals surface area contributed by atoms with E-state index in [1.165, 1.54) is 37.9 Å². The quantitative estimate of drug-likeness (QED) is 0.815. The Balaban J connectivity index is 2.04. The lowest BCUT2D eigenvalue weighted by molar-refractivity contribution is 0.310. The molecule has 1 aliphatic carbocycles. The zero-order chi connectivity index (χ0) is 12.1. The monoisotopic (exact) mass is 235 g/mol. The summed E-state index contributed by atoms with van der Waals surface area (Å²) in [6, 6.07) is 0. The van der Waals surface area contributed by atoms with E-state index in [9.17, 15) is 0 Å². The van der Waals surface area contributed by atoms with E-state index in [2.05, 4.69) is 22.7 Å². The van der Waals surface area contributed by atoms with Crippen molar-refractivity contribution in [1.82, 2.24) is 9.55 Å². The maximum atomic E-state index is 5.94. The smallest absolute Gasteiger partial charge is 0.108 e. The fourth-order valence-corrected chi connectivity index (χ4v) is 3.09. The largest absolute Gasteiger partial charge is 0.335 e. The third-order valence-electron chi connectivity index (χ3n) is 4.21. The van der Waals surface area contributed by atoms with Crippen molar-refractivity contribution in [2.75, 3.05) is 6.54 Å². The van der Waals surface area contributed by atoms with E-state index in [1.807, 2.05) is 6.20 Å². The lowest BCUT2D eigenvalue weighted by Gasteiger charge is -2.23. The molecule has 1 heterocycles. The first-order valence-electron chi connectivity index (χ1n) is 7.05. The lowest BCUT2D eigenvalue weighted by Crippen LogP contribution is -2.25. The minimum Gasteiger partial charge on any atom is -0.335 e. The van der Waals surface area contributed by atoms with Crippen LogP contribution < -0.4 is 5.73 Å². The van der Waals surface area contributed by atoms with Gasteiger partial charge in [-0.1, -0.05) is 19.3 Å². The standard InChI is InChI=1S/C14H25N3/c1-2-17-9-8-16-14(17)10-12-6-4-3-5-7-13(12)11-15/h8-9,12-13H,2-7,10-11,15H2,1H3. The molecule has 1 fully saturated rings. The second-order valence-electron chi connectivity index (χ2n) is 5.23. The normalized spacial score (nSPS) is 25.8. The highest BCUT2D eigenvalue weighted by atomic mass is 15.0. The van der Waals surface area contributed by atoms with Crippen LogP contribution in [0.15, 0.2) is 12.4 Å². The molecule has 1 aromatic heterocycles. The summed E-state index contributed by atoms with van der Waals surface area (Å²) < 4.78 is 2.26. The molecule has 0 radical (unpaired) electrons. The molecular formula is C14H25N3. The minimum absolute atomic E-state index is 0.708. The van der Waals surface area contributed by atoms with Gasteiger partial charge >= 0.3 is 0 Å². The second-order valence-corrected chi connectivity index (χ2v) is 5.23. The maximum Gasteiger partial charge on any atom is 0.108 e. The Hall–Kier alpha value is -0.830. The van der Waals surface area contributed by atoms with E-state index < -0.39 is 0 Å². The van der Waals surface area contributed by atoms with E-state index >= 15 is 0 Å². The highest BCUT2D eigenvalue weighted by molar-refractivity contribution is 4.95. The summed E-state index contributed by atoms with van der Waals surface area (Å²) in [5.74, 6) is 2.70. The fraction of sp³-hybridized carbons (Fsp3) is 0.786. The van der Waals surface area contributed by atoms with Gasteiger partial charge in [-0.15, -0.1) is 0 Å². The molecule has 0 amide bonds. The van der Waals surface area contributed by atoms with Gasteiger partial charge in [0.25, 0.3) is 0 Å². The van der Waals surface area contributed by atoms with Gasteiger partial charge < -0.3 is 10.3 Å². The molecule has 0 saturated heterocycles. The van der Waals surface area contributed by atoms with Crippen molar-refractivity contribution in [3.05, 3.63) is 18.2 Å². The van der Waals surface area contributed by atoms with Crippen LogP contribution in [0.3, 0.4) is 0 Å². The highest BCUT2D eigenvalue weighted by Crippen LogP contribution is 2.30. The predicted octanol–water partition coefficient (Wildman–Crippen LogP) is 2.60. The Bertz CT molecular complexity index is 332. The molecule has 1 aromatic rings. The summed E-state index contributed by atoms with van der Waals surface area (Å²) in [6.07, 6.45) is 11.9. The van der Waals surface area contributed by atoms with E-state index in [0.29, 0.717) is 5.92 Å². The Kier molecular flexibility index (Phi) is 4.60. The van der Waals surface area contributed by atoms with E-state index in [-0.39, 0.29) is 0 Å². The van der Waals surface area contributed by atoms with Gasteiger partial charge in [0.15, 0.2) is 0 Å². The van der Waals surface area contributed by atoms with E-state index in [4.69, 9.17) is 5.73 Å². The summed E-state index contributed by atoms with van der Waals surface area (Å²) >= 11 is 0. The fourth-order valence-electron chi connectivity index (χ4n) is 3.09. The molecule has 2 atom stereocenters. The number of hydrogen-bond donors (Lipinski definition) is 1. The molecule has 0 aliphatic heterocycles. The zero-order valence-corrected chi connectivity index (χ0v) is 10.9. The van der Waals surface area contributed by atoms with Crippen molar-refractivity contribution in [1.29, 1.82) is 0 Å². The third kappa shape index (κ3) is 3.09. The van der Waals surface area contributed by atoms with Crippen LogP contribution in [0, 0.1) is 11.8 Å². The van der Waals surface area contributed by atoms with Gasteiger partial charge in [0.1, 0.15) is 5.82 Å². The van der Waals surface area contributed by atoms with Crippen molar-refractivity contribution >= 4 is 0 Å².